The molecule has 1 aromatic heterocycles. The summed E-state index contributed by atoms with van der Waals surface area (Å²) in [5.41, 5.74) is 1.15. The number of halogens is 1. The first-order valence-electron chi connectivity index (χ1n) is 2.60. The monoisotopic (exact) mass is 183 g/mol. The average Bonchev–Trinajstić information content (AvgIpc) is 1.91. The maximum Gasteiger partial charge on any atom is 0.0273 e. The Kier molecular flexibility index (Phi) is 2.46. The second-order valence-corrected chi connectivity index (χ2v) is 2.10. The molecule has 0 atom stereocenters. The van der Waals surface area contributed by atoms with Crippen LogP contribution in [0.5, 0.6) is 0 Å². The van der Waals surface area contributed by atoms with Gasteiger partial charge in [-0.05, 0) is 28.8 Å². The summed E-state index contributed by atoms with van der Waals surface area (Å²) in [6, 6.07) is 3.88. The second-order valence-electron chi connectivity index (χ2n) is 1.57. The average molecular weight is 184 g/mol. The van der Waals surface area contributed by atoms with Crippen LogP contribution < -0.4 is 0 Å². The van der Waals surface area contributed by atoms with Gasteiger partial charge in [0.2, 0.25) is 0 Å². The maximum atomic E-state index is 3.88. The molecule has 0 saturated heterocycles. The molecule has 0 bridgehead atoms. The van der Waals surface area contributed by atoms with Gasteiger partial charge in [0.05, 0.1) is 0 Å². The molecule has 0 radical (unpaired) electrons. The summed E-state index contributed by atoms with van der Waals surface area (Å²) in [5.74, 6) is 0. The van der Waals surface area contributed by atoms with E-state index in [2.05, 4.69) is 20.9 Å². The molecule has 0 amide bonds. The Morgan fingerprint density at radius 2 is 2.00 bits per heavy atom. The fourth-order valence-corrected chi connectivity index (χ4v) is 0.853. The van der Waals surface area contributed by atoms with Crippen molar-refractivity contribution in [2.75, 3.05) is 0 Å². The van der Waals surface area contributed by atoms with Gasteiger partial charge in [0.1, 0.15) is 0 Å². The van der Waals surface area contributed by atoms with E-state index in [1.807, 2.05) is 23.2 Å². The van der Waals surface area contributed by atoms with Gasteiger partial charge in [-0.25, -0.2) is 0 Å². The zero-order chi connectivity index (χ0) is 6.53. The number of nitrogens with zero attached hydrogens (tertiary/aromatic N) is 1. The Morgan fingerprint density at radius 3 is 2.56 bits per heavy atom. The minimum absolute atomic E-state index is 1.15. The molecule has 2 heteroatoms. The van der Waals surface area contributed by atoms with Crippen molar-refractivity contribution in [3.63, 3.8) is 0 Å². The number of rotatable bonds is 1. The van der Waals surface area contributed by atoms with E-state index in [9.17, 15) is 0 Å². The highest BCUT2D eigenvalue weighted by Crippen LogP contribution is 2.00. The van der Waals surface area contributed by atoms with Gasteiger partial charge in [-0.2, -0.15) is 0 Å². The van der Waals surface area contributed by atoms with Crippen molar-refractivity contribution in [3.8, 4) is 0 Å². The summed E-state index contributed by atoms with van der Waals surface area (Å²) in [5, 5.41) is 0. The van der Waals surface area contributed by atoms with Crippen LogP contribution in [0.15, 0.2) is 29.5 Å². The predicted octanol–water partition coefficient (Wildman–Crippen LogP) is 2.45. The van der Waals surface area contributed by atoms with Crippen molar-refractivity contribution in [2.24, 2.45) is 0 Å². The molecule has 0 saturated carbocycles. The maximum absolute atomic E-state index is 3.88. The third-order valence-corrected chi connectivity index (χ3v) is 1.23. The standard InChI is InChI=1S/C7H6BrN/c8-4-1-7-2-5-9-6-3-7/h1-6H/b4-1+. The molecular weight excluding hydrogens is 178 g/mol. The van der Waals surface area contributed by atoms with Gasteiger partial charge in [0, 0.05) is 12.4 Å². The van der Waals surface area contributed by atoms with Crippen LogP contribution in [-0.4, -0.2) is 4.98 Å². The number of hydrogen-bond donors (Lipinski definition) is 0. The Bertz CT molecular complexity index is 193. The summed E-state index contributed by atoms with van der Waals surface area (Å²) in [4.78, 5) is 5.70. The van der Waals surface area contributed by atoms with Crippen LogP contribution in [0.2, 0.25) is 0 Å². The van der Waals surface area contributed by atoms with Crippen molar-refractivity contribution in [1.29, 1.82) is 0 Å². The second kappa shape index (κ2) is 3.41. The number of aromatic nitrogens is 1. The Hall–Kier alpha value is -0.630. The van der Waals surface area contributed by atoms with Gasteiger partial charge < -0.3 is 0 Å². The van der Waals surface area contributed by atoms with E-state index in [-0.39, 0.29) is 0 Å². The summed E-state index contributed by atoms with van der Waals surface area (Å²) in [6.07, 6.45) is 5.49. The Balaban J connectivity index is 2.85. The molecule has 0 aromatic carbocycles. The van der Waals surface area contributed by atoms with Gasteiger partial charge in [0.25, 0.3) is 0 Å². The molecule has 0 unspecified atom stereocenters. The summed E-state index contributed by atoms with van der Waals surface area (Å²) < 4.78 is 0. The first-order valence-corrected chi connectivity index (χ1v) is 3.52. The lowest BCUT2D eigenvalue weighted by molar-refractivity contribution is 1.32. The first-order chi connectivity index (χ1) is 4.43. The van der Waals surface area contributed by atoms with E-state index in [1.165, 1.54) is 0 Å². The van der Waals surface area contributed by atoms with Crippen LogP contribution in [-0.2, 0) is 0 Å². The van der Waals surface area contributed by atoms with Crippen LogP contribution in [0, 0.1) is 0 Å². The smallest absolute Gasteiger partial charge is 0.0273 e. The molecule has 0 spiro atoms. The molecule has 0 aliphatic rings. The lowest BCUT2D eigenvalue weighted by Crippen LogP contribution is -1.69. The van der Waals surface area contributed by atoms with Crippen LogP contribution in [0.1, 0.15) is 5.56 Å². The minimum Gasteiger partial charge on any atom is -0.265 e. The zero-order valence-corrected chi connectivity index (χ0v) is 6.38. The quantitative estimate of drug-likeness (QED) is 0.653. The summed E-state index contributed by atoms with van der Waals surface area (Å²) >= 11 is 3.19. The predicted molar refractivity (Wildman–Crippen MR) is 42.2 cm³/mol. The molecule has 46 valence electrons. The Labute approximate surface area is 62.6 Å². The van der Waals surface area contributed by atoms with Crippen molar-refractivity contribution in [3.05, 3.63) is 35.1 Å². The van der Waals surface area contributed by atoms with Crippen LogP contribution in [0.3, 0.4) is 0 Å². The molecule has 1 heterocycles. The number of hydrogen-bond acceptors (Lipinski definition) is 1. The molecule has 0 aliphatic heterocycles. The van der Waals surface area contributed by atoms with Crippen LogP contribution >= 0.6 is 15.9 Å². The molecule has 1 rings (SSSR count). The largest absolute Gasteiger partial charge is 0.265 e. The van der Waals surface area contributed by atoms with Crippen molar-refractivity contribution in [1.82, 2.24) is 4.98 Å². The van der Waals surface area contributed by atoms with E-state index in [0.717, 1.165) is 5.56 Å². The third kappa shape index (κ3) is 1.98. The van der Waals surface area contributed by atoms with E-state index in [1.54, 1.807) is 12.4 Å². The third-order valence-electron chi connectivity index (χ3n) is 0.962. The first kappa shape index (κ1) is 6.49. The normalized spacial score (nSPS) is 10.3. The fraction of sp³-hybridized carbons (Fsp3) is 0. The molecular formula is C7H6BrN. The lowest BCUT2D eigenvalue weighted by atomic mass is 10.3. The van der Waals surface area contributed by atoms with Gasteiger partial charge >= 0.3 is 0 Å². The van der Waals surface area contributed by atoms with E-state index < -0.39 is 0 Å². The van der Waals surface area contributed by atoms with Gasteiger partial charge in [-0.15, -0.1) is 0 Å². The molecule has 0 N–H and O–H groups in total. The SMILES string of the molecule is Br/C=C/c1ccncc1. The summed E-state index contributed by atoms with van der Waals surface area (Å²) in [7, 11) is 0. The topological polar surface area (TPSA) is 12.9 Å². The van der Waals surface area contributed by atoms with Crippen LogP contribution in [0.25, 0.3) is 6.08 Å². The van der Waals surface area contributed by atoms with E-state index >= 15 is 0 Å². The highest BCUT2D eigenvalue weighted by atomic mass is 79.9. The molecule has 1 aromatic rings. The van der Waals surface area contributed by atoms with Crippen molar-refractivity contribution < 1.29 is 0 Å². The number of pyridine rings is 1. The summed E-state index contributed by atoms with van der Waals surface area (Å²) in [6.45, 7) is 0. The van der Waals surface area contributed by atoms with Crippen molar-refractivity contribution in [2.45, 2.75) is 0 Å². The highest BCUT2D eigenvalue weighted by molar-refractivity contribution is 9.11. The molecule has 9 heavy (non-hydrogen) atoms. The molecule has 1 nitrogen and oxygen atoms in total. The molecule has 0 aliphatic carbocycles. The molecule has 0 fully saturated rings. The van der Waals surface area contributed by atoms with Gasteiger partial charge in [-0.1, -0.05) is 15.9 Å². The van der Waals surface area contributed by atoms with E-state index in [4.69, 9.17) is 0 Å². The zero-order valence-electron chi connectivity index (χ0n) is 4.79. The Morgan fingerprint density at radius 1 is 1.33 bits per heavy atom. The van der Waals surface area contributed by atoms with E-state index in [0.29, 0.717) is 0 Å². The van der Waals surface area contributed by atoms with Crippen molar-refractivity contribution >= 4 is 22.0 Å². The highest BCUT2D eigenvalue weighted by Gasteiger charge is 1.78. The minimum atomic E-state index is 1.15. The van der Waals surface area contributed by atoms with Gasteiger partial charge in [-0.3, -0.25) is 4.98 Å². The fourth-order valence-electron chi connectivity index (χ4n) is 0.547. The lowest BCUT2D eigenvalue weighted by Gasteiger charge is -1.85. The van der Waals surface area contributed by atoms with Crippen LogP contribution in [0.4, 0.5) is 0 Å². The van der Waals surface area contributed by atoms with Gasteiger partial charge in [0.15, 0.2) is 0 Å².